The van der Waals surface area contributed by atoms with Gasteiger partial charge in [-0.2, -0.15) is 0 Å². The van der Waals surface area contributed by atoms with Crippen molar-refractivity contribution < 1.29 is 29.0 Å². The van der Waals surface area contributed by atoms with Crippen molar-refractivity contribution in [1.82, 2.24) is 10.6 Å². The molecule has 2 aromatic carbocycles. The number of amides is 2. The highest BCUT2D eigenvalue weighted by molar-refractivity contribution is 9.10. The van der Waals surface area contributed by atoms with Gasteiger partial charge in [-0.15, -0.1) is 0 Å². The quantitative estimate of drug-likeness (QED) is 0.547. The van der Waals surface area contributed by atoms with Crippen LogP contribution in [-0.2, 0) is 9.59 Å². The molecule has 0 saturated heterocycles. The van der Waals surface area contributed by atoms with Gasteiger partial charge in [0.25, 0.3) is 11.8 Å². The van der Waals surface area contributed by atoms with Crippen LogP contribution >= 0.6 is 15.9 Å². The summed E-state index contributed by atoms with van der Waals surface area (Å²) >= 11 is 3.31. The first-order valence-corrected chi connectivity index (χ1v) is 9.40. The summed E-state index contributed by atoms with van der Waals surface area (Å²) in [6.45, 7) is 0.0430. The van der Waals surface area contributed by atoms with Gasteiger partial charge in [0.05, 0.1) is 12.0 Å². The van der Waals surface area contributed by atoms with Crippen molar-refractivity contribution in [3.63, 3.8) is 0 Å². The molecule has 150 valence electrons. The second-order valence-corrected chi connectivity index (χ2v) is 6.86. The average molecular weight is 461 g/mol. The number of ether oxygens (including phenoxy) is 2. The van der Waals surface area contributed by atoms with E-state index in [1.165, 1.54) is 6.08 Å². The van der Waals surface area contributed by atoms with Gasteiger partial charge in [0, 0.05) is 11.0 Å². The maximum absolute atomic E-state index is 12.6. The lowest BCUT2D eigenvalue weighted by atomic mass is 10.1. The number of aliphatic carboxylic acids is 1. The molecule has 2 amide bonds. The molecule has 0 atom stereocenters. The molecule has 3 N–H and O–H groups in total. The molecule has 2 aromatic rings. The molecule has 0 saturated carbocycles. The monoisotopic (exact) mass is 460 g/mol. The van der Waals surface area contributed by atoms with Crippen LogP contribution in [0.3, 0.4) is 0 Å². The molecule has 0 aromatic heterocycles. The Hall–Kier alpha value is -3.33. The summed E-state index contributed by atoms with van der Waals surface area (Å²) in [5, 5.41) is 13.8. The molecule has 1 heterocycles. The number of carbonyl (C=O) groups is 3. The van der Waals surface area contributed by atoms with E-state index in [9.17, 15) is 14.4 Å². The van der Waals surface area contributed by atoms with E-state index in [4.69, 9.17) is 14.6 Å². The maximum atomic E-state index is 12.6. The van der Waals surface area contributed by atoms with Gasteiger partial charge in [0.15, 0.2) is 11.5 Å². The minimum absolute atomic E-state index is 0.0324. The van der Waals surface area contributed by atoms with Gasteiger partial charge in [-0.1, -0.05) is 18.2 Å². The van der Waals surface area contributed by atoms with Crippen molar-refractivity contribution in [2.45, 2.75) is 6.42 Å². The molecule has 0 radical (unpaired) electrons. The van der Waals surface area contributed by atoms with Crippen LogP contribution in [-0.4, -0.2) is 36.2 Å². The second kappa shape index (κ2) is 9.24. The topological polar surface area (TPSA) is 114 Å². The number of rotatable bonds is 7. The van der Waals surface area contributed by atoms with Crippen molar-refractivity contribution in [2.75, 3.05) is 13.3 Å². The number of carbonyl (C=O) groups excluding carboxylic acids is 2. The van der Waals surface area contributed by atoms with Crippen molar-refractivity contribution in [3.8, 4) is 11.5 Å². The van der Waals surface area contributed by atoms with E-state index in [0.29, 0.717) is 27.1 Å². The van der Waals surface area contributed by atoms with Crippen molar-refractivity contribution >= 4 is 39.8 Å². The average Bonchev–Trinajstić information content (AvgIpc) is 3.15. The lowest BCUT2D eigenvalue weighted by Crippen LogP contribution is -2.35. The third kappa shape index (κ3) is 5.35. The summed E-state index contributed by atoms with van der Waals surface area (Å²) in [5.74, 6) is -1.01. The van der Waals surface area contributed by atoms with Crippen LogP contribution in [0, 0.1) is 0 Å². The first kappa shape index (κ1) is 20.4. The summed E-state index contributed by atoms with van der Waals surface area (Å²) in [6, 6.07) is 11.9. The second-order valence-electron chi connectivity index (χ2n) is 6.00. The number of carboxylic acid groups (broad SMARTS) is 1. The van der Waals surface area contributed by atoms with Crippen molar-refractivity contribution in [1.29, 1.82) is 0 Å². The summed E-state index contributed by atoms with van der Waals surface area (Å²) in [6.07, 6.45) is 1.24. The Labute approximate surface area is 174 Å². The zero-order valence-corrected chi connectivity index (χ0v) is 16.7. The number of carboxylic acids is 1. The predicted molar refractivity (Wildman–Crippen MR) is 107 cm³/mol. The molecule has 1 aliphatic heterocycles. The molecular weight excluding hydrogens is 444 g/mol. The fraction of sp³-hybridized carbons (Fsp3) is 0.150. The van der Waals surface area contributed by atoms with Gasteiger partial charge in [0.1, 0.15) is 5.70 Å². The van der Waals surface area contributed by atoms with Gasteiger partial charge >= 0.3 is 5.97 Å². The van der Waals surface area contributed by atoms with E-state index >= 15 is 0 Å². The summed E-state index contributed by atoms with van der Waals surface area (Å²) in [5.41, 5.74) is 0.919. The molecule has 0 bridgehead atoms. The number of nitrogens with one attached hydrogen (secondary N) is 2. The summed E-state index contributed by atoms with van der Waals surface area (Å²) < 4.78 is 11.2. The maximum Gasteiger partial charge on any atom is 0.305 e. The lowest BCUT2D eigenvalue weighted by Gasteiger charge is -2.12. The predicted octanol–water partition coefficient (Wildman–Crippen LogP) is 2.54. The van der Waals surface area contributed by atoms with Gasteiger partial charge in [0.2, 0.25) is 6.79 Å². The van der Waals surface area contributed by atoms with E-state index in [-0.39, 0.29) is 25.5 Å². The van der Waals surface area contributed by atoms with Crippen LogP contribution in [0.2, 0.25) is 0 Å². The Morgan fingerprint density at radius 2 is 1.86 bits per heavy atom. The number of hydrogen-bond donors (Lipinski definition) is 3. The minimum atomic E-state index is -1.04. The molecule has 0 spiro atoms. The first-order chi connectivity index (χ1) is 13.9. The van der Waals surface area contributed by atoms with E-state index in [2.05, 4.69) is 26.6 Å². The highest BCUT2D eigenvalue weighted by atomic mass is 79.9. The lowest BCUT2D eigenvalue weighted by molar-refractivity contribution is -0.136. The van der Waals surface area contributed by atoms with Crippen LogP contribution in [0.4, 0.5) is 0 Å². The smallest absolute Gasteiger partial charge is 0.305 e. The largest absolute Gasteiger partial charge is 0.481 e. The molecule has 3 rings (SSSR count). The minimum Gasteiger partial charge on any atom is -0.481 e. The van der Waals surface area contributed by atoms with Crippen molar-refractivity contribution in [3.05, 3.63) is 63.8 Å². The summed E-state index contributed by atoms with van der Waals surface area (Å²) in [7, 11) is 0. The fourth-order valence-corrected chi connectivity index (χ4v) is 3.01. The normalized spacial score (nSPS) is 12.4. The van der Waals surface area contributed by atoms with Crippen LogP contribution < -0.4 is 20.1 Å². The van der Waals surface area contributed by atoms with Gasteiger partial charge in [-0.3, -0.25) is 14.4 Å². The molecule has 29 heavy (non-hydrogen) atoms. The zero-order chi connectivity index (χ0) is 20.8. The first-order valence-electron chi connectivity index (χ1n) is 8.61. The Balaban J connectivity index is 1.84. The fourth-order valence-electron chi connectivity index (χ4n) is 2.54. The zero-order valence-electron chi connectivity index (χ0n) is 15.1. The Kier molecular flexibility index (Phi) is 6.50. The number of hydrogen-bond acceptors (Lipinski definition) is 5. The van der Waals surface area contributed by atoms with E-state index < -0.39 is 17.8 Å². The van der Waals surface area contributed by atoms with Crippen molar-refractivity contribution in [2.24, 2.45) is 0 Å². The number of fused-ring (bicyclic) bond motifs is 1. The van der Waals surface area contributed by atoms with E-state index in [1.54, 1.807) is 42.5 Å². The third-order valence-electron chi connectivity index (χ3n) is 3.94. The number of halogens is 1. The van der Waals surface area contributed by atoms with E-state index in [1.807, 2.05) is 0 Å². The van der Waals surface area contributed by atoms with Crippen LogP contribution in [0.15, 0.2) is 52.6 Å². The van der Waals surface area contributed by atoms with Gasteiger partial charge in [-0.25, -0.2) is 0 Å². The molecule has 1 aliphatic rings. The molecule has 0 unspecified atom stereocenters. The molecule has 0 fully saturated rings. The van der Waals surface area contributed by atoms with Crippen LogP contribution in [0.5, 0.6) is 11.5 Å². The van der Waals surface area contributed by atoms with E-state index in [0.717, 1.165) is 0 Å². The summed E-state index contributed by atoms with van der Waals surface area (Å²) in [4.78, 5) is 35.9. The molecule has 8 nitrogen and oxygen atoms in total. The third-order valence-corrected chi connectivity index (χ3v) is 4.63. The Bertz CT molecular complexity index is 989. The van der Waals surface area contributed by atoms with Gasteiger partial charge in [-0.05, 0) is 51.8 Å². The molecule has 9 heteroatoms. The standard InChI is InChI=1S/C20H17BrN2O6/c21-14-4-2-1-3-13(14)19(26)23-15(20(27)22-8-7-18(24)25)9-12-5-6-16-17(10-12)29-11-28-16/h1-6,9-10H,7-8,11H2,(H,22,27)(H,23,26)(H,24,25)/b15-9-. The van der Waals surface area contributed by atoms with Gasteiger partial charge < -0.3 is 25.2 Å². The van der Waals surface area contributed by atoms with Crippen LogP contribution in [0.1, 0.15) is 22.3 Å². The SMILES string of the molecule is O=C(O)CCNC(=O)/C(=C/c1ccc2c(c1)OCO2)NC(=O)c1ccccc1Br. The highest BCUT2D eigenvalue weighted by Crippen LogP contribution is 2.33. The number of benzene rings is 2. The Morgan fingerprint density at radius 3 is 2.62 bits per heavy atom. The molecular formula is C20H17BrN2O6. The Morgan fingerprint density at radius 1 is 1.10 bits per heavy atom. The highest BCUT2D eigenvalue weighted by Gasteiger charge is 2.18. The van der Waals surface area contributed by atoms with Crippen LogP contribution in [0.25, 0.3) is 6.08 Å². The molecule has 0 aliphatic carbocycles.